The first-order valence-electron chi connectivity index (χ1n) is 14.6. The topological polar surface area (TPSA) is 78.9 Å². The zero-order valence-electron chi connectivity index (χ0n) is 25.6. The van der Waals surface area contributed by atoms with E-state index in [9.17, 15) is 4.39 Å². The summed E-state index contributed by atoms with van der Waals surface area (Å²) >= 11 is 0. The number of halogens is 3. The number of hydrogen-bond donors (Lipinski definition) is 1. The Labute approximate surface area is 251 Å². The van der Waals surface area contributed by atoms with Gasteiger partial charge < -0.3 is 29.5 Å². The van der Waals surface area contributed by atoms with Gasteiger partial charge in [0, 0.05) is 37.2 Å². The van der Waals surface area contributed by atoms with Gasteiger partial charge in [0.15, 0.2) is 17.4 Å². The van der Waals surface area contributed by atoms with Crippen LogP contribution in [0, 0.1) is 11.6 Å². The van der Waals surface area contributed by atoms with E-state index in [1.807, 2.05) is 26.0 Å². The molecule has 5 rings (SSSR count). The lowest BCUT2D eigenvalue weighted by Gasteiger charge is -2.40. The van der Waals surface area contributed by atoms with Gasteiger partial charge in [-0.15, -0.1) is 0 Å². The molecule has 0 bridgehead atoms. The van der Waals surface area contributed by atoms with Crippen molar-refractivity contribution in [1.82, 2.24) is 24.8 Å². The molecule has 1 unspecified atom stereocenters. The molecule has 2 aliphatic rings. The van der Waals surface area contributed by atoms with Crippen molar-refractivity contribution in [1.29, 1.82) is 0 Å². The largest absolute Gasteiger partial charge is 0.481 e. The van der Waals surface area contributed by atoms with E-state index in [2.05, 4.69) is 44.2 Å². The standard InChI is InChI=1S/C31H40F3N7O2/c1-19(2)41-18-31(3,34)43-28-23(32)15-21(16-25(28)41)27-24(33)17-35-30(38-27)37-26-8-7-22(29(36-26)42-6)20-9-11-40(12-10-20)14-13-39(4)5/h7-8,15-17,19-20H,9-14,18H2,1-6H3,(H,35,36,37,38). The number of nitrogens with one attached hydrogen (secondary N) is 1. The molecule has 232 valence electrons. The summed E-state index contributed by atoms with van der Waals surface area (Å²) in [7, 11) is 5.77. The van der Waals surface area contributed by atoms with Crippen LogP contribution in [0.1, 0.15) is 45.1 Å². The first-order chi connectivity index (χ1) is 20.4. The number of likely N-dealkylation sites (tertiary alicyclic amines) is 1. The van der Waals surface area contributed by atoms with Crippen LogP contribution >= 0.6 is 0 Å². The maximum atomic E-state index is 15.2. The summed E-state index contributed by atoms with van der Waals surface area (Å²) in [4.78, 5) is 19.4. The number of nitrogens with zero attached hydrogens (tertiary/aromatic N) is 6. The van der Waals surface area contributed by atoms with Gasteiger partial charge in [-0.05, 0) is 84.1 Å². The molecule has 3 aromatic rings. The van der Waals surface area contributed by atoms with Crippen molar-refractivity contribution in [3.05, 3.63) is 47.7 Å². The third-order valence-corrected chi connectivity index (χ3v) is 7.96. The lowest BCUT2D eigenvalue weighted by Crippen LogP contribution is -2.49. The fourth-order valence-corrected chi connectivity index (χ4v) is 5.67. The van der Waals surface area contributed by atoms with Crippen molar-refractivity contribution < 1.29 is 22.6 Å². The summed E-state index contributed by atoms with van der Waals surface area (Å²) in [5.74, 6) is -2.44. The van der Waals surface area contributed by atoms with Crippen LogP contribution in [0.15, 0.2) is 30.5 Å². The summed E-state index contributed by atoms with van der Waals surface area (Å²) in [5.41, 5.74) is 1.44. The first kappa shape index (κ1) is 30.8. The quantitative estimate of drug-likeness (QED) is 0.338. The summed E-state index contributed by atoms with van der Waals surface area (Å²) in [6, 6.07) is 6.32. The maximum Gasteiger partial charge on any atom is 0.263 e. The molecule has 1 N–H and O–H groups in total. The lowest BCUT2D eigenvalue weighted by atomic mass is 9.90. The van der Waals surface area contributed by atoms with Gasteiger partial charge in [0.2, 0.25) is 11.8 Å². The van der Waals surface area contributed by atoms with Crippen LogP contribution in [0.5, 0.6) is 11.6 Å². The van der Waals surface area contributed by atoms with E-state index in [0.717, 1.165) is 56.8 Å². The predicted octanol–water partition coefficient (Wildman–Crippen LogP) is 5.60. The van der Waals surface area contributed by atoms with Crippen LogP contribution in [-0.2, 0) is 0 Å². The number of hydrogen-bond acceptors (Lipinski definition) is 9. The lowest BCUT2D eigenvalue weighted by molar-refractivity contribution is -0.0475. The van der Waals surface area contributed by atoms with Crippen molar-refractivity contribution in [3.8, 4) is 22.9 Å². The average molecular weight is 600 g/mol. The molecular formula is C31H40F3N7O2. The van der Waals surface area contributed by atoms with E-state index in [1.165, 1.54) is 6.92 Å². The number of benzene rings is 1. The van der Waals surface area contributed by atoms with E-state index in [4.69, 9.17) is 9.47 Å². The summed E-state index contributed by atoms with van der Waals surface area (Å²) in [6.07, 6.45) is 3.06. The van der Waals surface area contributed by atoms with Crippen molar-refractivity contribution in [2.75, 3.05) is 64.1 Å². The number of alkyl halides is 1. The molecule has 12 heteroatoms. The van der Waals surface area contributed by atoms with E-state index >= 15 is 8.78 Å². The normalized spacial score (nSPS) is 19.5. The Hall–Kier alpha value is -3.64. The molecule has 2 aliphatic heterocycles. The van der Waals surface area contributed by atoms with Crippen molar-refractivity contribution in [2.24, 2.45) is 0 Å². The SMILES string of the molecule is COc1nc(Nc2ncc(F)c(-c3cc(F)c4c(c3)N(C(C)C)CC(C)(F)O4)n2)ccc1C1CCN(CCN(C)C)CC1. The number of ether oxygens (including phenoxy) is 2. The van der Waals surface area contributed by atoms with Crippen LogP contribution in [-0.4, -0.2) is 90.6 Å². The Balaban J connectivity index is 1.36. The highest BCUT2D eigenvalue weighted by molar-refractivity contribution is 5.73. The molecular weight excluding hydrogens is 559 g/mol. The third-order valence-electron chi connectivity index (χ3n) is 7.96. The number of piperidine rings is 1. The van der Waals surface area contributed by atoms with Crippen LogP contribution in [0.25, 0.3) is 11.3 Å². The molecule has 0 spiro atoms. The van der Waals surface area contributed by atoms with E-state index in [-0.39, 0.29) is 35.5 Å². The molecule has 0 aliphatic carbocycles. The minimum absolute atomic E-state index is 0.0827. The Morgan fingerprint density at radius 1 is 1.14 bits per heavy atom. The third kappa shape index (κ3) is 6.96. The second kappa shape index (κ2) is 12.5. The molecule has 43 heavy (non-hydrogen) atoms. The van der Waals surface area contributed by atoms with Gasteiger partial charge in [0.05, 0.1) is 25.5 Å². The van der Waals surface area contributed by atoms with Crippen molar-refractivity contribution >= 4 is 17.5 Å². The number of anilines is 3. The average Bonchev–Trinajstić information content (AvgIpc) is 2.97. The predicted molar refractivity (Wildman–Crippen MR) is 161 cm³/mol. The Morgan fingerprint density at radius 3 is 2.56 bits per heavy atom. The van der Waals surface area contributed by atoms with Gasteiger partial charge in [-0.25, -0.2) is 18.7 Å². The van der Waals surface area contributed by atoms with Crippen LogP contribution in [0.2, 0.25) is 0 Å². The first-order valence-corrected chi connectivity index (χ1v) is 14.6. The van der Waals surface area contributed by atoms with Crippen LogP contribution in [0.4, 0.5) is 30.6 Å². The van der Waals surface area contributed by atoms with Gasteiger partial charge in [-0.1, -0.05) is 0 Å². The minimum atomic E-state index is -2.07. The highest BCUT2D eigenvalue weighted by Gasteiger charge is 2.39. The van der Waals surface area contributed by atoms with E-state index in [0.29, 0.717) is 23.3 Å². The number of likely N-dealkylation sites (N-methyl/N-ethyl adjacent to an activating group) is 1. The molecule has 4 heterocycles. The monoisotopic (exact) mass is 599 g/mol. The Kier molecular flexibility index (Phi) is 8.98. The maximum absolute atomic E-state index is 15.2. The molecule has 1 saturated heterocycles. The summed E-state index contributed by atoms with van der Waals surface area (Å²) < 4.78 is 56.0. The molecule has 1 atom stereocenters. The number of aromatic nitrogens is 3. The Morgan fingerprint density at radius 2 is 1.88 bits per heavy atom. The van der Waals surface area contributed by atoms with Gasteiger partial charge in [0.1, 0.15) is 11.5 Å². The van der Waals surface area contributed by atoms with Gasteiger partial charge >= 0.3 is 0 Å². The van der Waals surface area contributed by atoms with Crippen molar-refractivity contribution in [3.63, 3.8) is 0 Å². The molecule has 0 radical (unpaired) electrons. The summed E-state index contributed by atoms with van der Waals surface area (Å²) in [5, 5.41) is 3.02. The van der Waals surface area contributed by atoms with Crippen LogP contribution < -0.4 is 19.7 Å². The van der Waals surface area contributed by atoms with Gasteiger partial charge in [-0.3, -0.25) is 0 Å². The Bertz CT molecular complexity index is 1450. The number of fused-ring (bicyclic) bond motifs is 1. The fourth-order valence-electron chi connectivity index (χ4n) is 5.67. The molecule has 1 fully saturated rings. The summed E-state index contributed by atoms with van der Waals surface area (Å²) in [6.45, 7) is 9.02. The molecule has 9 nitrogen and oxygen atoms in total. The second-order valence-corrected chi connectivity index (χ2v) is 12.0. The zero-order chi connectivity index (χ0) is 30.9. The smallest absolute Gasteiger partial charge is 0.263 e. The fraction of sp³-hybridized carbons (Fsp3) is 0.516. The van der Waals surface area contributed by atoms with Gasteiger partial charge in [0.25, 0.3) is 5.85 Å². The number of rotatable bonds is 9. The molecule has 2 aromatic heterocycles. The van der Waals surface area contributed by atoms with Crippen LogP contribution in [0.3, 0.4) is 0 Å². The molecule has 0 amide bonds. The molecule has 1 aromatic carbocycles. The van der Waals surface area contributed by atoms with Gasteiger partial charge in [-0.2, -0.15) is 9.37 Å². The minimum Gasteiger partial charge on any atom is -0.481 e. The highest BCUT2D eigenvalue weighted by Crippen LogP contribution is 2.43. The molecule has 0 saturated carbocycles. The highest BCUT2D eigenvalue weighted by atomic mass is 19.2. The number of pyridine rings is 1. The van der Waals surface area contributed by atoms with E-state index < -0.39 is 17.5 Å². The van der Waals surface area contributed by atoms with Crippen molar-refractivity contribution in [2.45, 2.75) is 51.4 Å². The van der Waals surface area contributed by atoms with E-state index in [1.54, 1.807) is 18.1 Å². The second-order valence-electron chi connectivity index (χ2n) is 12.0. The number of methoxy groups -OCH3 is 1. The zero-order valence-corrected chi connectivity index (χ0v) is 25.6.